The molecule has 1 amide bonds. The van der Waals surface area contributed by atoms with Crippen molar-refractivity contribution in [1.29, 1.82) is 0 Å². The second-order valence-corrected chi connectivity index (χ2v) is 9.70. The van der Waals surface area contributed by atoms with Crippen LogP contribution in [0, 0.1) is 6.92 Å². The highest BCUT2D eigenvalue weighted by Gasteiger charge is 2.15. The Bertz CT molecular complexity index is 850. The van der Waals surface area contributed by atoms with Crippen molar-refractivity contribution < 1.29 is 4.79 Å². The van der Waals surface area contributed by atoms with Crippen molar-refractivity contribution in [3.8, 4) is 0 Å². The molecule has 0 fully saturated rings. The van der Waals surface area contributed by atoms with Crippen LogP contribution in [0.1, 0.15) is 107 Å². The highest BCUT2D eigenvalue weighted by molar-refractivity contribution is 5.76. The smallest absolute Gasteiger partial charge is 0.220 e. The zero-order valence-electron chi connectivity index (χ0n) is 22.2. The van der Waals surface area contributed by atoms with Crippen LogP contribution in [0.2, 0.25) is 0 Å². The van der Waals surface area contributed by atoms with Gasteiger partial charge in [0.2, 0.25) is 5.91 Å². The first-order chi connectivity index (χ1) is 17.2. The van der Waals surface area contributed by atoms with E-state index in [1.54, 1.807) is 0 Å². The van der Waals surface area contributed by atoms with Gasteiger partial charge in [0, 0.05) is 6.42 Å². The summed E-state index contributed by atoms with van der Waals surface area (Å²) in [5, 5.41) is 3.29. The summed E-state index contributed by atoms with van der Waals surface area (Å²) in [4.78, 5) is 12.7. The average Bonchev–Trinajstić information content (AvgIpc) is 2.88. The predicted molar refractivity (Wildman–Crippen MR) is 152 cm³/mol. The molecule has 0 bridgehead atoms. The minimum Gasteiger partial charge on any atom is -0.349 e. The lowest BCUT2D eigenvalue weighted by molar-refractivity contribution is -0.122. The van der Waals surface area contributed by atoms with Crippen LogP contribution in [0.3, 0.4) is 0 Å². The Balaban J connectivity index is 1.59. The first-order valence-electron chi connectivity index (χ1n) is 13.9. The minimum absolute atomic E-state index is 0.0179. The fraction of sp³-hybridized carbons (Fsp3) is 0.485. The Hall–Kier alpha value is -2.61. The number of carbonyl (C=O) groups excluding carboxylic acids is 1. The van der Waals surface area contributed by atoms with Crippen LogP contribution in [0.4, 0.5) is 0 Å². The van der Waals surface area contributed by atoms with Crippen molar-refractivity contribution in [3.63, 3.8) is 0 Å². The largest absolute Gasteiger partial charge is 0.349 e. The van der Waals surface area contributed by atoms with E-state index in [0.717, 1.165) is 25.7 Å². The molecule has 1 unspecified atom stereocenters. The van der Waals surface area contributed by atoms with E-state index in [1.165, 1.54) is 68.1 Å². The maximum absolute atomic E-state index is 12.7. The third-order valence-corrected chi connectivity index (χ3v) is 6.45. The molecule has 0 saturated carbocycles. The van der Waals surface area contributed by atoms with Gasteiger partial charge in [-0.1, -0.05) is 123 Å². The molecule has 0 aliphatic carbocycles. The van der Waals surface area contributed by atoms with Crippen molar-refractivity contribution in [2.24, 2.45) is 0 Å². The Morgan fingerprint density at radius 2 is 1.40 bits per heavy atom. The number of hydrogen-bond acceptors (Lipinski definition) is 1. The molecule has 2 aromatic rings. The fourth-order valence-electron chi connectivity index (χ4n) is 4.26. The molecular weight excluding hydrogens is 426 g/mol. The Kier molecular flexibility index (Phi) is 15.3. The van der Waals surface area contributed by atoms with Gasteiger partial charge < -0.3 is 5.32 Å². The molecule has 0 radical (unpaired) electrons. The van der Waals surface area contributed by atoms with E-state index in [1.807, 2.05) is 18.2 Å². The lowest BCUT2D eigenvalue weighted by atomic mass is 9.98. The monoisotopic (exact) mass is 473 g/mol. The Morgan fingerprint density at radius 1 is 0.771 bits per heavy atom. The number of rotatable bonds is 18. The van der Waals surface area contributed by atoms with E-state index < -0.39 is 0 Å². The Morgan fingerprint density at radius 3 is 2.09 bits per heavy atom. The highest BCUT2D eigenvalue weighted by Crippen LogP contribution is 2.19. The summed E-state index contributed by atoms with van der Waals surface area (Å²) in [5.41, 5.74) is 3.68. The third kappa shape index (κ3) is 13.8. The van der Waals surface area contributed by atoms with E-state index in [0.29, 0.717) is 6.42 Å². The first-order valence-corrected chi connectivity index (χ1v) is 13.9. The van der Waals surface area contributed by atoms with Gasteiger partial charge in [0.25, 0.3) is 0 Å². The molecule has 0 aliphatic rings. The van der Waals surface area contributed by atoms with Gasteiger partial charge in [-0.15, -0.1) is 0 Å². The minimum atomic E-state index is 0.0179. The number of allylic oxidation sites excluding steroid dienone is 4. The van der Waals surface area contributed by atoms with Gasteiger partial charge in [0.15, 0.2) is 0 Å². The number of amides is 1. The number of aryl methyl sites for hydroxylation is 1. The molecule has 190 valence electrons. The zero-order chi connectivity index (χ0) is 25.0. The van der Waals surface area contributed by atoms with Gasteiger partial charge in [0.05, 0.1) is 6.04 Å². The maximum Gasteiger partial charge on any atom is 0.220 e. The van der Waals surface area contributed by atoms with Crippen LogP contribution >= 0.6 is 0 Å². The average molecular weight is 474 g/mol. The molecule has 2 nitrogen and oxygen atoms in total. The molecule has 2 rings (SSSR count). The third-order valence-electron chi connectivity index (χ3n) is 6.45. The molecule has 0 aromatic heterocycles. The molecule has 2 heteroatoms. The van der Waals surface area contributed by atoms with E-state index in [2.05, 4.69) is 79.9 Å². The van der Waals surface area contributed by atoms with Gasteiger partial charge >= 0.3 is 0 Å². The topological polar surface area (TPSA) is 29.1 Å². The predicted octanol–water partition coefficient (Wildman–Crippen LogP) is 9.21. The van der Waals surface area contributed by atoms with Crippen LogP contribution < -0.4 is 5.32 Å². The molecule has 0 heterocycles. The highest BCUT2D eigenvalue weighted by atomic mass is 16.1. The first kappa shape index (κ1) is 28.6. The zero-order valence-corrected chi connectivity index (χ0v) is 22.2. The van der Waals surface area contributed by atoms with Crippen molar-refractivity contribution in [1.82, 2.24) is 5.32 Å². The summed E-state index contributed by atoms with van der Waals surface area (Å²) >= 11 is 0. The van der Waals surface area contributed by atoms with Crippen LogP contribution in [-0.2, 0) is 11.2 Å². The number of benzene rings is 2. The lowest BCUT2D eigenvalue weighted by Crippen LogP contribution is -2.29. The Labute approximate surface area is 214 Å². The quantitative estimate of drug-likeness (QED) is 0.170. The van der Waals surface area contributed by atoms with Gasteiger partial charge in [-0.05, 0) is 63.0 Å². The van der Waals surface area contributed by atoms with Gasteiger partial charge in [0.1, 0.15) is 0 Å². The summed E-state index contributed by atoms with van der Waals surface area (Å²) in [6.45, 7) is 4.35. The molecule has 0 saturated heterocycles. The van der Waals surface area contributed by atoms with E-state index >= 15 is 0 Å². The fourth-order valence-corrected chi connectivity index (χ4v) is 4.26. The van der Waals surface area contributed by atoms with Crippen molar-refractivity contribution in [2.75, 3.05) is 0 Å². The molecular formula is C33H47NO. The molecule has 0 aliphatic heterocycles. The van der Waals surface area contributed by atoms with Crippen molar-refractivity contribution in [2.45, 2.75) is 103 Å². The van der Waals surface area contributed by atoms with Crippen LogP contribution in [0.5, 0.6) is 0 Å². The van der Waals surface area contributed by atoms with E-state index in [-0.39, 0.29) is 11.9 Å². The summed E-state index contributed by atoms with van der Waals surface area (Å²) < 4.78 is 0. The number of nitrogens with one attached hydrogen (secondary N) is 1. The molecule has 1 atom stereocenters. The molecule has 35 heavy (non-hydrogen) atoms. The number of unbranched alkanes of at least 4 members (excludes halogenated alkanes) is 8. The summed E-state index contributed by atoms with van der Waals surface area (Å²) in [5.74, 6) is 0.164. The second kappa shape index (κ2) is 18.7. The normalized spacial score (nSPS) is 12.4. The van der Waals surface area contributed by atoms with Crippen LogP contribution in [0.25, 0.3) is 0 Å². The summed E-state index contributed by atoms with van der Waals surface area (Å²) in [6, 6.07) is 19.0. The maximum atomic E-state index is 12.7. The number of carbonyl (C=O) groups is 1. The molecule has 1 N–H and O–H groups in total. The standard InChI is InChI=1S/C33H47NO/c1-3-4-5-6-7-8-9-10-11-12-13-14-15-16-20-23-33(35)34-32(31-21-18-17-19-22-31)28-30-26-24-29(2)25-27-30/h7-8,10-11,17-19,21-22,24-27,32H,3-6,9,12-16,20,23,28H2,1-2H3,(H,34,35)/b8-7+,11-10+. The van der Waals surface area contributed by atoms with E-state index in [4.69, 9.17) is 0 Å². The van der Waals surface area contributed by atoms with Gasteiger partial charge in [-0.25, -0.2) is 0 Å². The molecule has 2 aromatic carbocycles. The van der Waals surface area contributed by atoms with Crippen LogP contribution in [0.15, 0.2) is 78.9 Å². The van der Waals surface area contributed by atoms with E-state index in [9.17, 15) is 4.79 Å². The lowest BCUT2D eigenvalue weighted by Gasteiger charge is -2.20. The van der Waals surface area contributed by atoms with Crippen molar-refractivity contribution >= 4 is 5.91 Å². The SMILES string of the molecule is CCCCC/C=C/C/C=C/CCCCCCCC(=O)NC(Cc1ccc(C)cc1)c1ccccc1. The van der Waals surface area contributed by atoms with Crippen LogP contribution in [-0.4, -0.2) is 5.91 Å². The molecule has 0 spiro atoms. The van der Waals surface area contributed by atoms with Gasteiger partial charge in [-0.3, -0.25) is 4.79 Å². The van der Waals surface area contributed by atoms with Gasteiger partial charge in [-0.2, -0.15) is 0 Å². The van der Waals surface area contributed by atoms with Crippen molar-refractivity contribution in [3.05, 3.63) is 95.6 Å². The second-order valence-electron chi connectivity index (χ2n) is 9.70. The number of hydrogen-bond donors (Lipinski definition) is 1. The summed E-state index contributed by atoms with van der Waals surface area (Å²) in [6.07, 6.45) is 23.9. The summed E-state index contributed by atoms with van der Waals surface area (Å²) in [7, 11) is 0.